The number of nitrogens with zero attached hydrogens (tertiary/aromatic N) is 1. The van der Waals surface area contributed by atoms with Gasteiger partial charge >= 0.3 is 0 Å². The molecule has 4 heteroatoms. The number of rotatable bonds is 6. The van der Waals surface area contributed by atoms with Crippen molar-refractivity contribution in [2.75, 3.05) is 0 Å². The topological polar surface area (TPSA) is 45.8 Å². The standard InChI is InChI=1S/C23H23N2OP/c1-4-6-17(10-9-16(3)27)19-12-20-21(14-25-23(20)24-13-19)22(26)18-8-5-7-15(2)11-18/h4-14,16H,1,27H2,2-3H3,(H,24,25)/b10-9-,17-6+. The second kappa shape index (κ2) is 8.28. The quantitative estimate of drug-likeness (QED) is 0.352. The smallest absolute Gasteiger partial charge is 0.195 e. The molecule has 2 aromatic heterocycles. The zero-order chi connectivity index (χ0) is 19.4. The molecule has 1 N–H and O–H groups in total. The molecular weight excluding hydrogens is 351 g/mol. The van der Waals surface area contributed by atoms with Crippen LogP contribution in [0.3, 0.4) is 0 Å². The minimum Gasteiger partial charge on any atom is -0.345 e. The molecule has 0 aliphatic heterocycles. The predicted octanol–water partition coefficient (Wildman–Crippen LogP) is 5.49. The van der Waals surface area contributed by atoms with Crippen molar-refractivity contribution in [3.05, 3.63) is 95.9 Å². The van der Waals surface area contributed by atoms with E-state index in [2.05, 4.69) is 44.9 Å². The van der Waals surface area contributed by atoms with Crippen LogP contribution in [0.15, 0.2) is 73.6 Å². The van der Waals surface area contributed by atoms with E-state index in [1.54, 1.807) is 12.3 Å². The Morgan fingerprint density at radius 1 is 1.30 bits per heavy atom. The lowest BCUT2D eigenvalue weighted by atomic mass is 9.99. The highest BCUT2D eigenvalue weighted by atomic mass is 31.0. The third kappa shape index (κ3) is 4.32. The lowest BCUT2D eigenvalue weighted by molar-refractivity contribution is 0.104. The third-order valence-corrected chi connectivity index (χ3v) is 4.49. The highest BCUT2D eigenvalue weighted by molar-refractivity contribution is 7.17. The number of aromatic amines is 1. The number of fused-ring (bicyclic) bond motifs is 1. The fraction of sp³-hybridized carbons (Fsp3) is 0.130. The molecule has 0 bridgehead atoms. The Kier molecular flexibility index (Phi) is 5.83. The average molecular weight is 374 g/mol. The number of hydrogen-bond donors (Lipinski definition) is 1. The fourth-order valence-corrected chi connectivity index (χ4v) is 3.03. The van der Waals surface area contributed by atoms with E-state index in [1.807, 2.05) is 49.5 Å². The molecule has 0 radical (unpaired) electrons. The van der Waals surface area contributed by atoms with Gasteiger partial charge in [-0.1, -0.05) is 61.6 Å². The lowest BCUT2D eigenvalue weighted by Crippen LogP contribution is -2.00. The molecule has 0 fully saturated rings. The normalized spacial score (nSPS) is 13.2. The van der Waals surface area contributed by atoms with Gasteiger partial charge in [-0.05, 0) is 30.3 Å². The van der Waals surface area contributed by atoms with Crippen LogP contribution < -0.4 is 0 Å². The molecule has 0 amide bonds. The number of carbonyl (C=O) groups is 1. The molecule has 2 unspecified atom stereocenters. The van der Waals surface area contributed by atoms with E-state index in [0.717, 1.165) is 22.1 Å². The van der Waals surface area contributed by atoms with Crippen molar-refractivity contribution >= 4 is 31.6 Å². The van der Waals surface area contributed by atoms with Gasteiger partial charge in [0.05, 0.1) is 0 Å². The number of aromatic nitrogens is 2. The number of aryl methyl sites for hydroxylation is 1. The van der Waals surface area contributed by atoms with Crippen LogP contribution in [0.2, 0.25) is 0 Å². The van der Waals surface area contributed by atoms with Crippen molar-refractivity contribution in [1.29, 1.82) is 0 Å². The van der Waals surface area contributed by atoms with Crippen molar-refractivity contribution in [3.63, 3.8) is 0 Å². The molecule has 136 valence electrons. The van der Waals surface area contributed by atoms with E-state index < -0.39 is 0 Å². The molecule has 0 aliphatic rings. The molecule has 0 saturated carbocycles. The first kappa shape index (κ1) is 19.0. The summed E-state index contributed by atoms with van der Waals surface area (Å²) in [4.78, 5) is 20.6. The van der Waals surface area contributed by atoms with E-state index in [4.69, 9.17) is 0 Å². The SMILES string of the molecule is C=C/C=C(\C=C/C(C)P)c1cnc2[nH]cc(C(=O)c3cccc(C)c3)c2c1. The molecule has 2 atom stereocenters. The summed E-state index contributed by atoms with van der Waals surface area (Å²) in [5.74, 6) is -0.00715. The number of carbonyl (C=O) groups excluding carboxylic acids is 1. The Morgan fingerprint density at radius 3 is 2.81 bits per heavy atom. The maximum atomic E-state index is 13.0. The number of nitrogens with one attached hydrogen (secondary N) is 1. The number of allylic oxidation sites excluding steroid dienone is 5. The molecule has 3 rings (SSSR count). The third-order valence-electron chi connectivity index (χ3n) is 4.27. The molecule has 3 aromatic rings. The summed E-state index contributed by atoms with van der Waals surface area (Å²) < 4.78 is 0. The number of pyridine rings is 1. The molecule has 0 aliphatic carbocycles. The maximum absolute atomic E-state index is 13.0. The van der Waals surface area contributed by atoms with Crippen LogP contribution in [-0.4, -0.2) is 21.4 Å². The van der Waals surface area contributed by atoms with Crippen LogP contribution in [0, 0.1) is 6.92 Å². The Hall–Kier alpha value is -2.77. The van der Waals surface area contributed by atoms with E-state index in [0.29, 0.717) is 22.4 Å². The van der Waals surface area contributed by atoms with Crippen molar-refractivity contribution in [1.82, 2.24) is 9.97 Å². The van der Waals surface area contributed by atoms with E-state index >= 15 is 0 Å². The van der Waals surface area contributed by atoms with Crippen molar-refractivity contribution in [3.8, 4) is 0 Å². The monoisotopic (exact) mass is 374 g/mol. The second-order valence-corrected chi connectivity index (χ2v) is 7.65. The molecule has 0 spiro atoms. The van der Waals surface area contributed by atoms with Gasteiger partial charge in [0.1, 0.15) is 5.65 Å². The molecule has 2 heterocycles. The van der Waals surface area contributed by atoms with Crippen LogP contribution in [0.25, 0.3) is 16.6 Å². The number of benzene rings is 1. The predicted molar refractivity (Wildman–Crippen MR) is 117 cm³/mol. The Bertz CT molecular complexity index is 1060. The first-order chi connectivity index (χ1) is 13.0. The van der Waals surface area contributed by atoms with Gasteiger partial charge in [0.2, 0.25) is 0 Å². The van der Waals surface area contributed by atoms with E-state index in [1.165, 1.54) is 0 Å². The Labute approximate surface area is 162 Å². The summed E-state index contributed by atoms with van der Waals surface area (Å²) in [5.41, 5.74) is 5.39. The highest BCUT2D eigenvalue weighted by Crippen LogP contribution is 2.25. The van der Waals surface area contributed by atoms with Crippen LogP contribution >= 0.6 is 9.24 Å². The van der Waals surface area contributed by atoms with Crippen LogP contribution in [0.1, 0.15) is 34.0 Å². The van der Waals surface area contributed by atoms with Gasteiger partial charge in [0, 0.05) is 34.5 Å². The van der Waals surface area contributed by atoms with Crippen LogP contribution in [0.5, 0.6) is 0 Å². The molecule has 0 saturated heterocycles. The lowest BCUT2D eigenvalue weighted by Gasteiger charge is -2.05. The van der Waals surface area contributed by atoms with Gasteiger partial charge in [0.15, 0.2) is 5.78 Å². The maximum Gasteiger partial charge on any atom is 0.195 e. The minimum atomic E-state index is -0.00715. The largest absolute Gasteiger partial charge is 0.345 e. The first-order valence-electron chi connectivity index (χ1n) is 8.85. The summed E-state index contributed by atoms with van der Waals surface area (Å²) in [6.07, 6.45) is 11.4. The molecular formula is C23H23N2OP. The summed E-state index contributed by atoms with van der Waals surface area (Å²) in [5, 5.41) is 0.821. The van der Waals surface area contributed by atoms with Gasteiger partial charge in [-0.2, -0.15) is 0 Å². The van der Waals surface area contributed by atoms with Gasteiger partial charge in [-0.25, -0.2) is 4.98 Å². The Balaban J connectivity index is 2.07. The van der Waals surface area contributed by atoms with Gasteiger partial charge in [-0.3, -0.25) is 4.79 Å². The summed E-state index contributed by atoms with van der Waals surface area (Å²) in [6, 6.07) is 9.65. The van der Waals surface area contributed by atoms with Gasteiger partial charge in [-0.15, -0.1) is 9.24 Å². The molecule has 3 nitrogen and oxygen atoms in total. The van der Waals surface area contributed by atoms with Crippen LogP contribution in [0.4, 0.5) is 0 Å². The van der Waals surface area contributed by atoms with Gasteiger partial charge in [0.25, 0.3) is 0 Å². The Morgan fingerprint density at radius 2 is 2.11 bits per heavy atom. The van der Waals surface area contributed by atoms with Crippen molar-refractivity contribution < 1.29 is 4.79 Å². The van der Waals surface area contributed by atoms with Gasteiger partial charge < -0.3 is 4.98 Å². The summed E-state index contributed by atoms with van der Waals surface area (Å²) >= 11 is 0. The van der Waals surface area contributed by atoms with Crippen molar-refractivity contribution in [2.45, 2.75) is 19.5 Å². The summed E-state index contributed by atoms with van der Waals surface area (Å²) in [6.45, 7) is 7.88. The zero-order valence-corrected chi connectivity index (χ0v) is 16.7. The second-order valence-electron chi connectivity index (χ2n) is 6.60. The van der Waals surface area contributed by atoms with E-state index in [9.17, 15) is 4.79 Å². The zero-order valence-electron chi connectivity index (χ0n) is 15.6. The van der Waals surface area contributed by atoms with E-state index in [-0.39, 0.29) is 5.78 Å². The highest BCUT2D eigenvalue weighted by Gasteiger charge is 2.16. The van der Waals surface area contributed by atoms with Crippen molar-refractivity contribution in [2.24, 2.45) is 0 Å². The number of H-pyrrole nitrogens is 1. The average Bonchev–Trinajstić information content (AvgIpc) is 3.07. The fourth-order valence-electron chi connectivity index (χ4n) is 2.92. The number of hydrogen-bond acceptors (Lipinski definition) is 2. The first-order valence-corrected chi connectivity index (χ1v) is 9.51. The minimum absolute atomic E-state index is 0.00715. The summed E-state index contributed by atoms with van der Waals surface area (Å²) in [7, 11) is 2.75. The molecule has 27 heavy (non-hydrogen) atoms. The number of ketones is 1. The molecule has 1 aromatic carbocycles. The van der Waals surface area contributed by atoms with Crippen LogP contribution in [-0.2, 0) is 0 Å².